The normalized spacial score (nSPS) is 10.9. The van der Waals surface area contributed by atoms with Crippen LogP contribution in [-0.2, 0) is 0 Å². The SMILES string of the molecule is CC(C)c1ccc(C(=O)Nc2nc(-c3ccc(Cl)c(Cl)c3)cs2)cc1. The van der Waals surface area contributed by atoms with Gasteiger partial charge in [-0.05, 0) is 35.7 Å². The van der Waals surface area contributed by atoms with E-state index in [1.807, 2.05) is 35.7 Å². The number of halogens is 2. The fourth-order valence-electron chi connectivity index (χ4n) is 2.31. The molecule has 0 unspecified atom stereocenters. The molecule has 6 heteroatoms. The summed E-state index contributed by atoms with van der Waals surface area (Å²) in [6.45, 7) is 4.24. The van der Waals surface area contributed by atoms with Gasteiger partial charge >= 0.3 is 0 Å². The second kappa shape index (κ2) is 7.56. The fraction of sp³-hybridized carbons (Fsp3) is 0.158. The molecule has 0 bridgehead atoms. The smallest absolute Gasteiger partial charge is 0.257 e. The molecule has 0 aliphatic carbocycles. The molecule has 3 nitrogen and oxygen atoms in total. The maximum atomic E-state index is 12.4. The predicted octanol–water partition coefficient (Wildman–Crippen LogP) is 6.49. The van der Waals surface area contributed by atoms with Crippen LogP contribution in [0, 0.1) is 0 Å². The fourth-order valence-corrected chi connectivity index (χ4v) is 3.32. The Balaban J connectivity index is 1.74. The Labute approximate surface area is 160 Å². The number of nitrogens with zero attached hydrogens (tertiary/aromatic N) is 1. The van der Waals surface area contributed by atoms with Crippen molar-refractivity contribution in [3.8, 4) is 11.3 Å². The number of benzene rings is 2. The number of hydrogen-bond donors (Lipinski definition) is 1. The molecule has 0 aliphatic rings. The molecule has 1 N–H and O–H groups in total. The summed E-state index contributed by atoms with van der Waals surface area (Å²) >= 11 is 13.3. The van der Waals surface area contributed by atoms with Crippen molar-refractivity contribution < 1.29 is 4.79 Å². The molecular weight excluding hydrogens is 375 g/mol. The van der Waals surface area contributed by atoms with Gasteiger partial charge in [-0.3, -0.25) is 10.1 Å². The van der Waals surface area contributed by atoms with E-state index in [0.717, 1.165) is 11.3 Å². The quantitative estimate of drug-likeness (QED) is 0.552. The van der Waals surface area contributed by atoms with Crippen LogP contribution in [0.5, 0.6) is 0 Å². The lowest BCUT2D eigenvalue weighted by Gasteiger charge is -2.06. The van der Waals surface area contributed by atoms with Gasteiger partial charge in [0.25, 0.3) is 5.91 Å². The molecule has 0 radical (unpaired) electrons. The van der Waals surface area contributed by atoms with Crippen molar-refractivity contribution in [3.63, 3.8) is 0 Å². The third kappa shape index (κ3) is 4.21. The van der Waals surface area contributed by atoms with Gasteiger partial charge < -0.3 is 0 Å². The van der Waals surface area contributed by atoms with Gasteiger partial charge in [-0.25, -0.2) is 4.98 Å². The first-order valence-corrected chi connectivity index (χ1v) is 9.40. The van der Waals surface area contributed by atoms with Crippen LogP contribution in [0.4, 0.5) is 5.13 Å². The maximum absolute atomic E-state index is 12.4. The number of amides is 1. The Hall–Kier alpha value is -1.88. The van der Waals surface area contributed by atoms with Gasteiger partial charge in [-0.15, -0.1) is 11.3 Å². The highest BCUT2D eigenvalue weighted by Gasteiger charge is 2.11. The van der Waals surface area contributed by atoms with E-state index in [2.05, 4.69) is 24.1 Å². The Kier molecular flexibility index (Phi) is 5.42. The Bertz CT molecular complexity index is 904. The molecule has 0 fully saturated rings. The molecule has 3 rings (SSSR count). The van der Waals surface area contributed by atoms with Crippen molar-refractivity contribution in [3.05, 3.63) is 69.0 Å². The summed E-state index contributed by atoms with van der Waals surface area (Å²) in [6.07, 6.45) is 0. The van der Waals surface area contributed by atoms with E-state index in [9.17, 15) is 4.79 Å². The van der Waals surface area contributed by atoms with Gasteiger partial charge in [0.1, 0.15) is 0 Å². The first-order valence-electron chi connectivity index (χ1n) is 7.76. The molecule has 0 spiro atoms. The minimum absolute atomic E-state index is 0.176. The summed E-state index contributed by atoms with van der Waals surface area (Å²) in [5.41, 5.74) is 3.41. The van der Waals surface area contributed by atoms with E-state index in [4.69, 9.17) is 23.2 Å². The second-order valence-corrected chi connectivity index (χ2v) is 7.57. The third-order valence-electron chi connectivity index (χ3n) is 3.78. The number of rotatable bonds is 4. The molecule has 1 aromatic heterocycles. The summed E-state index contributed by atoms with van der Waals surface area (Å²) in [6, 6.07) is 12.9. The molecular formula is C19H16Cl2N2OS. The van der Waals surface area contributed by atoms with Crippen LogP contribution >= 0.6 is 34.5 Å². The van der Waals surface area contributed by atoms with Crippen molar-refractivity contribution in [1.29, 1.82) is 0 Å². The van der Waals surface area contributed by atoms with Crippen LogP contribution in [0.1, 0.15) is 35.7 Å². The highest BCUT2D eigenvalue weighted by atomic mass is 35.5. The molecule has 3 aromatic rings. The predicted molar refractivity (Wildman–Crippen MR) is 106 cm³/mol. The van der Waals surface area contributed by atoms with Crippen LogP contribution in [0.2, 0.25) is 10.0 Å². The number of aromatic nitrogens is 1. The molecule has 2 aromatic carbocycles. The van der Waals surface area contributed by atoms with E-state index < -0.39 is 0 Å². The van der Waals surface area contributed by atoms with E-state index in [0.29, 0.717) is 26.7 Å². The number of thiazole rings is 1. The Morgan fingerprint density at radius 3 is 2.44 bits per heavy atom. The van der Waals surface area contributed by atoms with Crippen LogP contribution < -0.4 is 5.32 Å². The number of hydrogen-bond acceptors (Lipinski definition) is 3. The van der Waals surface area contributed by atoms with Gasteiger partial charge in [0.05, 0.1) is 15.7 Å². The summed E-state index contributed by atoms with van der Waals surface area (Å²) < 4.78 is 0. The van der Waals surface area contributed by atoms with Crippen molar-refractivity contribution >= 4 is 45.6 Å². The number of carbonyl (C=O) groups excluding carboxylic acids is 1. The number of nitrogens with one attached hydrogen (secondary N) is 1. The summed E-state index contributed by atoms with van der Waals surface area (Å²) in [5.74, 6) is 0.259. The molecule has 128 valence electrons. The van der Waals surface area contributed by atoms with E-state index in [1.165, 1.54) is 16.9 Å². The maximum Gasteiger partial charge on any atom is 0.257 e. The van der Waals surface area contributed by atoms with Gasteiger partial charge in [-0.2, -0.15) is 0 Å². The highest BCUT2D eigenvalue weighted by Crippen LogP contribution is 2.30. The number of anilines is 1. The van der Waals surface area contributed by atoms with E-state index >= 15 is 0 Å². The summed E-state index contributed by atoms with van der Waals surface area (Å²) in [7, 11) is 0. The average molecular weight is 391 g/mol. The first-order chi connectivity index (χ1) is 11.9. The molecule has 0 atom stereocenters. The van der Waals surface area contributed by atoms with Gasteiger partial charge in [0.15, 0.2) is 5.13 Å². The van der Waals surface area contributed by atoms with Gasteiger partial charge in [0, 0.05) is 16.5 Å². The van der Waals surface area contributed by atoms with Crippen molar-refractivity contribution in [2.24, 2.45) is 0 Å². The van der Waals surface area contributed by atoms with Crippen molar-refractivity contribution in [2.75, 3.05) is 5.32 Å². The molecule has 1 heterocycles. The van der Waals surface area contributed by atoms with Gasteiger partial charge in [-0.1, -0.05) is 55.2 Å². The number of carbonyl (C=O) groups is 1. The van der Waals surface area contributed by atoms with E-state index in [1.54, 1.807) is 12.1 Å². The molecule has 0 aliphatic heterocycles. The minimum atomic E-state index is -0.176. The molecule has 0 saturated heterocycles. The minimum Gasteiger partial charge on any atom is -0.298 e. The van der Waals surface area contributed by atoms with Crippen LogP contribution in [-0.4, -0.2) is 10.9 Å². The zero-order valence-corrected chi connectivity index (χ0v) is 16.0. The van der Waals surface area contributed by atoms with Crippen LogP contribution in [0.15, 0.2) is 47.8 Å². The molecule has 1 amide bonds. The second-order valence-electron chi connectivity index (χ2n) is 5.90. The first kappa shape index (κ1) is 17.9. The zero-order valence-electron chi connectivity index (χ0n) is 13.7. The lowest BCUT2D eigenvalue weighted by atomic mass is 10.0. The monoisotopic (exact) mass is 390 g/mol. The summed E-state index contributed by atoms with van der Waals surface area (Å²) in [4.78, 5) is 16.8. The summed E-state index contributed by atoms with van der Waals surface area (Å²) in [5, 5.41) is 6.22. The van der Waals surface area contributed by atoms with Crippen LogP contribution in [0.3, 0.4) is 0 Å². The lowest BCUT2D eigenvalue weighted by Crippen LogP contribution is -2.11. The molecule has 25 heavy (non-hydrogen) atoms. The van der Waals surface area contributed by atoms with Crippen molar-refractivity contribution in [1.82, 2.24) is 4.98 Å². The van der Waals surface area contributed by atoms with Crippen LogP contribution in [0.25, 0.3) is 11.3 Å². The molecule has 0 saturated carbocycles. The van der Waals surface area contributed by atoms with Crippen molar-refractivity contribution in [2.45, 2.75) is 19.8 Å². The topological polar surface area (TPSA) is 42.0 Å². The Morgan fingerprint density at radius 1 is 1.08 bits per heavy atom. The highest BCUT2D eigenvalue weighted by molar-refractivity contribution is 7.14. The largest absolute Gasteiger partial charge is 0.298 e. The Morgan fingerprint density at radius 2 is 1.80 bits per heavy atom. The average Bonchev–Trinajstić information content (AvgIpc) is 3.06. The standard InChI is InChI=1S/C19H16Cl2N2OS/c1-11(2)12-3-5-13(6-4-12)18(24)23-19-22-17(10-25-19)14-7-8-15(20)16(21)9-14/h3-11H,1-2H3,(H,22,23,24). The van der Waals surface area contributed by atoms with E-state index in [-0.39, 0.29) is 5.91 Å². The van der Waals surface area contributed by atoms with Gasteiger partial charge in [0.2, 0.25) is 0 Å². The lowest BCUT2D eigenvalue weighted by molar-refractivity contribution is 0.102. The third-order valence-corrected chi connectivity index (χ3v) is 5.28. The zero-order chi connectivity index (χ0) is 18.0.